The molecular weight excluding hydrogens is 262 g/mol. The Morgan fingerprint density at radius 1 is 1.32 bits per heavy atom. The number of thioether (sulfide) groups is 1. The number of aromatic nitrogens is 2. The number of hydrogen-bond acceptors (Lipinski definition) is 6. The highest BCUT2D eigenvalue weighted by Crippen LogP contribution is 2.26. The molecule has 5 nitrogen and oxygen atoms in total. The van der Waals surface area contributed by atoms with Crippen LogP contribution in [0.4, 0.5) is 0 Å². The summed E-state index contributed by atoms with van der Waals surface area (Å²) in [5.41, 5.74) is 7.55. The molecule has 1 saturated heterocycles. The lowest BCUT2D eigenvalue weighted by Gasteiger charge is -2.18. The average molecular weight is 277 g/mol. The summed E-state index contributed by atoms with van der Waals surface area (Å²) in [6.45, 7) is 1.27. The Hall–Kier alpha value is -1.37. The van der Waals surface area contributed by atoms with Gasteiger partial charge in [0, 0.05) is 23.6 Å². The predicted octanol–water partition coefficient (Wildman–Crippen LogP) is 2.00. The van der Waals surface area contributed by atoms with Crippen molar-refractivity contribution in [2.75, 3.05) is 18.1 Å². The maximum Gasteiger partial charge on any atom is 0.258 e. The van der Waals surface area contributed by atoms with Crippen LogP contribution in [0.3, 0.4) is 0 Å². The lowest BCUT2D eigenvalue weighted by Crippen LogP contribution is -2.16. The van der Waals surface area contributed by atoms with Gasteiger partial charge in [0.05, 0.1) is 6.61 Å². The van der Waals surface area contributed by atoms with Crippen LogP contribution >= 0.6 is 11.8 Å². The zero-order chi connectivity index (χ0) is 13.1. The minimum Gasteiger partial charge on any atom is -0.368 e. The topological polar surface area (TPSA) is 74.2 Å². The van der Waals surface area contributed by atoms with Crippen molar-refractivity contribution >= 4 is 11.8 Å². The molecule has 100 valence electrons. The summed E-state index contributed by atoms with van der Waals surface area (Å²) in [7, 11) is 0. The molecule has 0 aliphatic carbocycles. The highest BCUT2D eigenvalue weighted by Gasteiger charge is 2.22. The molecule has 1 aromatic heterocycles. The van der Waals surface area contributed by atoms with Crippen molar-refractivity contribution in [3.05, 3.63) is 35.7 Å². The zero-order valence-electron chi connectivity index (χ0n) is 10.4. The Morgan fingerprint density at radius 3 is 2.84 bits per heavy atom. The molecule has 0 radical (unpaired) electrons. The van der Waals surface area contributed by atoms with Crippen molar-refractivity contribution in [3.63, 3.8) is 0 Å². The summed E-state index contributed by atoms with van der Waals surface area (Å²) in [6.07, 6.45) is -0.0560. The fourth-order valence-corrected chi connectivity index (χ4v) is 2.74. The monoisotopic (exact) mass is 277 g/mol. The minimum absolute atomic E-state index is 0.0560. The molecule has 1 fully saturated rings. The standard InChI is InChI=1S/C13H15N3O2S/c14-7-9-1-3-10(4-2-9)13-15-12(16-18-13)11-8-19-6-5-17-11/h1-4,11H,5-8,14H2. The van der Waals surface area contributed by atoms with Crippen LogP contribution < -0.4 is 5.73 Å². The summed E-state index contributed by atoms with van der Waals surface area (Å²) >= 11 is 1.85. The van der Waals surface area contributed by atoms with Gasteiger partial charge in [-0.2, -0.15) is 16.7 Å². The quantitative estimate of drug-likeness (QED) is 0.925. The van der Waals surface area contributed by atoms with Gasteiger partial charge in [-0.05, 0) is 17.7 Å². The molecule has 0 spiro atoms. The smallest absolute Gasteiger partial charge is 0.258 e. The van der Waals surface area contributed by atoms with E-state index in [1.54, 1.807) is 0 Å². The highest BCUT2D eigenvalue weighted by molar-refractivity contribution is 7.99. The molecule has 1 aliphatic rings. The van der Waals surface area contributed by atoms with Crippen molar-refractivity contribution in [2.45, 2.75) is 12.6 Å². The second-order valence-electron chi connectivity index (χ2n) is 4.29. The Morgan fingerprint density at radius 2 is 2.16 bits per heavy atom. The number of nitrogens with two attached hydrogens (primary N) is 1. The molecule has 1 aromatic carbocycles. The van der Waals surface area contributed by atoms with Crippen LogP contribution in [0.2, 0.25) is 0 Å². The molecule has 2 heterocycles. The number of benzene rings is 1. The van der Waals surface area contributed by atoms with E-state index in [4.69, 9.17) is 15.0 Å². The van der Waals surface area contributed by atoms with Crippen LogP contribution in [0, 0.1) is 0 Å². The third-order valence-electron chi connectivity index (χ3n) is 2.98. The third-order valence-corrected chi connectivity index (χ3v) is 3.98. The summed E-state index contributed by atoms with van der Waals surface area (Å²) < 4.78 is 10.9. The lowest BCUT2D eigenvalue weighted by molar-refractivity contribution is 0.0677. The minimum atomic E-state index is -0.0560. The van der Waals surface area contributed by atoms with Gasteiger partial charge in [-0.3, -0.25) is 0 Å². The Kier molecular flexibility index (Phi) is 3.82. The SMILES string of the molecule is NCc1ccc(-c2nc(C3CSCCO3)no2)cc1. The Labute approximate surface area is 115 Å². The first-order chi connectivity index (χ1) is 9.36. The van der Waals surface area contributed by atoms with E-state index in [1.165, 1.54) is 0 Å². The second-order valence-corrected chi connectivity index (χ2v) is 5.44. The predicted molar refractivity (Wildman–Crippen MR) is 73.6 cm³/mol. The molecule has 3 rings (SSSR count). The summed E-state index contributed by atoms with van der Waals surface area (Å²) in [4.78, 5) is 4.41. The molecular formula is C13H15N3O2S. The first-order valence-corrected chi connectivity index (χ1v) is 7.34. The van der Waals surface area contributed by atoms with Crippen LogP contribution in [-0.2, 0) is 11.3 Å². The zero-order valence-corrected chi connectivity index (χ0v) is 11.2. The third kappa shape index (κ3) is 2.80. The van der Waals surface area contributed by atoms with Gasteiger partial charge in [-0.1, -0.05) is 17.3 Å². The number of nitrogens with zero attached hydrogens (tertiary/aromatic N) is 2. The lowest BCUT2D eigenvalue weighted by atomic mass is 10.1. The van der Waals surface area contributed by atoms with Gasteiger partial charge in [-0.15, -0.1) is 0 Å². The van der Waals surface area contributed by atoms with Gasteiger partial charge in [0.15, 0.2) is 0 Å². The molecule has 0 bridgehead atoms. The molecule has 0 amide bonds. The van der Waals surface area contributed by atoms with Gasteiger partial charge < -0.3 is 15.0 Å². The highest BCUT2D eigenvalue weighted by atomic mass is 32.2. The summed E-state index contributed by atoms with van der Waals surface area (Å²) in [5.74, 6) is 3.06. The normalized spacial score (nSPS) is 19.5. The van der Waals surface area contributed by atoms with Crippen LogP contribution in [-0.4, -0.2) is 28.3 Å². The molecule has 6 heteroatoms. The van der Waals surface area contributed by atoms with E-state index < -0.39 is 0 Å². The van der Waals surface area contributed by atoms with Crippen molar-refractivity contribution in [3.8, 4) is 11.5 Å². The molecule has 1 atom stereocenters. The van der Waals surface area contributed by atoms with Gasteiger partial charge in [-0.25, -0.2) is 0 Å². The first-order valence-electron chi connectivity index (χ1n) is 6.19. The van der Waals surface area contributed by atoms with E-state index in [-0.39, 0.29) is 6.10 Å². The van der Waals surface area contributed by atoms with Crippen LogP contribution in [0.5, 0.6) is 0 Å². The van der Waals surface area contributed by atoms with Gasteiger partial charge in [0.2, 0.25) is 5.82 Å². The van der Waals surface area contributed by atoms with E-state index in [9.17, 15) is 0 Å². The van der Waals surface area contributed by atoms with Gasteiger partial charge >= 0.3 is 0 Å². The molecule has 0 saturated carbocycles. The van der Waals surface area contributed by atoms with E-state index in [0.29, 0.717) is 18.3 Å². The number of ether oxygens (including phenoxy) is 1. The fourth-order valence-electron chi connectivity index (χ4n) is 1.90. The molecule has 1 aliphatic heterocycles. The van der Waals surface area contributed by atoms with Crippen molar-refractivity contribution < 1.29 is 9.26 Å². The van der Waals surface area contributed by atoms with Gasteiger partial charge in [0.1, 0.15) is 6.10 Å². The molecule has 1 unspecified atom stereocenters. The first kappa shape index (κ1) is 12.7. The summed E-state index contributed by atoms with van der Waals surface area (Å²) in [5, 5.41) is 4.01. The van der Waals surface area contributed by atoms with Crippen molar-refractivity contribution in [2.24, 2.45) is 5.73 Å². The Bertz CT molecular complexity index is 535. The van der Waals surface area contributed by atoms with Crippen LogP contribution in [0.1, 0.15) is 17.5 Å². The maximum atomic E-state index is 5.63. The molecule has 2 N–H and O–H groups in total. The van der Waals surface area contributed by atoms with E-state index in [2.05, 4.69) is 10.1 Å². The van der Waals surface area contributed by atoms with Crippen LogP contribution in [0.15, 0.2) is 28.8 Å². The second kappa shape index (κ2) is 5.73. The van der Waals surface area contributed by atoms with E-state index in [1.807, 2.05) is 36.0 Å². The molecule has 2 aromatic rings. The largest absolute Gasteiger partial charge is 0.368 e. The average Bonchev–Trinajstić information content (AvgIpc) is 2.98. The van der Waals surface area contributed by atoms with E-state index >= 15 is 0 Å². The molecule has 19 heavy (non-hydrogen) atoms. The summed E-state index contributed by atoms with van der Waals surface area (Å²) in [6, 6.07) is 7.81. The Balaban J connectivity index is 1.79. The van der Waals surface area contributed by atoms with Crippen LogP contribution in [0.25, 0.3) is 11.5 Å². The van der Waals surface area contributed by atoms with Crippen molar-refractivity contribution in [1.29, 1.82) is 0 Å². The van der Waals surface area contributed by atoms with Gasteiger partial charge in [0.25, 0.3) is 5.89 Å². The number of rotatable bonds is 3. The maximum absolute atomic E-state index is 5.63. The number of hydrogen-bond donors (Lipinski definition) is 1. The fraction of sp³-hybridized carbons (Fsp3) is 0.385. The van der Waals surface area contributed by atoms with E-state index in [0.717, 1.165) is 29.2 Å². The van der Waals surface area contributed by atoms with Crippen molar-refractivity contribution in [1.82, 2.24) is 10.1 Å².